The number of ketones is 2. The monoisotopic (exact) mass is 769 g/mol. The third kappa shape index (κ3) is 10.7. The molecule has 0 spiro atoms. The lowest BCUT2D eigenvalue weighted by atomic mass is 9.59. The van der Waals surface area contributed by atoms with E-state index in [9.17, 15) is 19.2 Å². The molecule has 0 saturated carbocycles. The zero-order valence-corrected chi connectivity index (χ0v) is 38.1. The molecule has 3 rings (SSSR count). The fourth-order valence-corrected chi connectivity index (χ4v) is 8.40. The minimum atomic E-state index is -0.956. The van der Waals surface area contributed by atoms with Crippen molar-refractivity contribution in [2.24, 2.45) is 23.2 Å². The van der Waals surface area contributed by atoms with Gasteiger partial charge in [0.1, 0.15) is 11.5 Å². The van der Waals surface area contributed by atoms with Crippen molar-refractivity contribution in [3.63, 3.8) is 0 Å². The van der Waals surface area contributed by atoms with Crippen molar-refractivity contribution in [2.45, 2.75) is 160 Å². The Bertz CT molecular complexity index is 1760. The van der Waals surface area contributed by atoms with Gasteiger partial charge in [-0.2, -0.15) is 0 Å². The quantitative estimate of drug-likeness (QED) is 0.104. The van der Waals surface area contributed by atoms with Crippen molar-refractivity contribution in [1.29, 1.82) is 0 Å². The van der Waals surface area contributed by atoms with E-state index in [1.54, 1.807) is 13.8 Å². The van der Waals surface area contributed by atoms with E-state index in [1.165, 1.54) is 5.56 Å². The first-order valence-electron chi connectivity index (χ1n) is 20.4. The molecule has 0 heterocycles. The highest BCUT2D eigenvalue weighted by Crippen LogP contribution is 2.45. The summed E-state index contributed by atoms with van der Waals surface area (Å²) in [6.07, 6.45) is 0. The van der Waals surface area contributed by atoms with Crippen molar-refractivity contribution in [3.05, 3.63) is 94.0 Å². The maximum atomic E-state index is 13.4. The molecule has 0 aliphatic rings. The van der Waals surface area contributed by atoms with Crippen molar-refractivity contribution >= 4 is 23.5 Å². The summed E-state index contributed by atoms with van der Waals surface area (Å²) in [5, 5.41) is 0. The van der Waals surface area contributed by atoms with Crippen LogP contribution in [-0.2, 0) is 35.4 Å². The SMILES string of the molecule is CC(C)c1cccc(C(C)C)c1OC(=O)C(=O)C(C(C)C)(C(C)C)C(C)C.Cc1c(C(C)(C)C)cc(OC(=O)C(=O)C(C)(C)c2ccccc2)cc1C(C)(C)C. The van der Waals surface area contributed by atoms with Crippen molar-refractivity contribution in [2.75, 3.05) is 0 Å². The number of hydrogen-bond donors (Lipinski definition) is 0. The Hall–Kier alpha value is -4.06. The van der Waals surface area contributed by atoms with Gasteiger partial charge in [0.25, 0.3) is 0 Å². The zero-order chi connectivity index (χ0) is 43.3. The standard InChI is InChI=1S/C26H34O3.C24H38O3/c1-17-20(24(2,3)4)15-19(16-21(17)25(5,6)7)29-23(28)22(27)26(8,9)18-13-11-10-12-14-18;1-14(2)19-12-11-13-20(15(3)4)21(19)27-23(26)22(25)24(16(5)6,17(7)8)18(9)10/h10-16H,1-9H3;11-18H,1-10H3. The van der Waals surface area contributed by atoms with Crippen LogP contribution in [0, 0.1) is 30.1 Å². The molecule has 0 saturated heterocycles. The van der Waals surface area contributed by atoms with E-state index < -0.39 is 34.3 Å². The number of ether oxygens (including phenoxy) is 2. The highest BCUT2D eigenvalue weighted by molar-refractivity contribution is 6.37. The van der Waals surface area contributed by atoms with Gasteiger partial charge in [-0.05, 0) is 107 Å². The molecule has 0 N–H and O–H groups in total. The van der Waals surface area contributed by atoms with Crippen LogP contribution < -0.4 is 9.47 Å². The minimum Gasteiger partial charge on any atom is -0.421 e. The largest absolute Gasteiger partial charge is 0.421 e. The van der Waals surface area contributed by atoms with Crippen LogP contribution in [0.5, 0.6) is 11.5 Å². The van der Waals surface area contributed by atoms with Crippen LogP contribution in [-0.4, -0.2) is 23.5 Å². The Morgan fingerprint density at radius 1 is 0.518 bits per heavy atom. The van der Waals surface area contributed by atoms with Crippen LogP contribution in [0.25, 0.3) is 0 Å². The molecule has 6 nitrogen and oxygen atoms in total. The molecule has 0 aliphatic carbocycles. The van der Waals surface area contributed by atoms with Gasteiger partial charge in [0.05, 0.1) is 5.41 Å². The number of esters is 2. The topological polar surface area (TPSA) is 86.7 Å². The molecule has 3 aromatic rings. The van der Waals surface area contributed by atoms with Crippen LogP contribution in [0.2, 0.25) is 0 Å². The van der Waals surface area contributed by atoms with Crippen LogP contribution in [0.3, 0.4) is 0 Å². The maximum Gasteiger partial charge on any atom is 0.380 e. The normalized spacial score (nSPS) is 12.6. The first-order chi connectivity index (χ1) is 25.5. The van der Waals surface area contributed by atoms with E-state index in [1.807, 2.05) is 102 Å². The number of rotatable bonds is 12. The maximum absolute atomic E-state index is 13.4. The van der Waals surface area contributed by atoms with Crippen LogP contribution in [0.1, 0.15) is 170 Å². The Morgan fingerprint density at radius 2 is 0.911 bits per heavy atom. The molecule has 56 heavy (non-hydrogen) atoms. The third-order valence-electron chi connectivity index (χ3n) is 11.4. The number of hydrogen-bond acceptors (Lipinski definition) is 6. The second-order valence-electron chi connectivity index (χ2n) is 19.5. The molecule has 0 fully saturated rings. The Labute approximate surface area is 339 Å². The van der Waals surface area contributed by atoms with Crippen molar-refractivity contribution in [1.82, 2.24) is 0 Å². The van der Waals surface area contributed by atoms with Gasteiger partial charge in [0.2, 0.25) is 11.6 Å². The van der Waals surface area contributed by atoms with Gasteiger partial charge in [-0.25, -0.2) is 9.59 Å². The van der Waals surface area contributed by atoms with Crippen LogP contribution >= 0.6 is 0 Å². The minimum absolute atomic E-state index is 0.0439. The lowest BCUT2D eigenvalue weighted by Gasteiger charge is -2.42. The third-order valence-corrected chi connectivity index (χ3v) is 11.4. The van der Waals surface area contributed by atoms with E-state index in [-0.39, 0.29) is 40.4 Å². The molecule has 0 bridgehead atoms. The van der Waals surface area contributed by atoms with Crippen LogP contribution in [0.4, 0.5) is 0 Å². The Balaban J connectivity index is 0.000000388. The summed E-state index contributed by atoms with van der Waals surface area (Å²) in [6, 6.07) is 19.0. The van der Waals surface area contributed by atoms with Crippen molar-refractivity contribution in [3.8, 4) is 11.5 Å². The van der Waals surface area contributed by atoms with E-state index in [0.29, 0.717) is 11.5 Å². The average Bonchev–Trinajstić information content (AvgIpc) is 3.07. The Morgan fingerprint density at radius 3 is 1.27 bits per heavy atom. The lowest BCUT2D eigenvalue weighted by molar-refractivity contribution is -0.158. The molecular weight excluding hydrogens is 697 g/mol. The molecule has 0 radical (unpaired) electrons. The van der Waals surface area contributed by atoms with E-state index >= 15 is 0 Å². The summed E-state index contributed by atoms with van der Waals surface area (Å²) in [7, 11) is 0. The van der Waals surface area contributed by atoms with Gasteiger partial charge < -0.3 is 9.47 Å². The predicted molar refractivity (Wildman–Crippen MR) is 231 cm³/mol. The average molecular weight is 769 g/mol. The molecule has 308 valence electrons. The van der Waals surface area contributed by atoms with Crippen molar-refractivity contribution < 1.29 is 28.7 Å². The predicted octanol–water partition coefficient (Wildman–Crippen LogP) is 12.4. The molecular formula is C50H72O6. The molecule has 6 heteroatoms. The summed E-state index contributed by atoms with van der Waals surface area (Å²) < 4.78 is 11.5. The van der Waals surface area contributed by atoms with Gasteiger partial charge in [0, 0.05) is 5.41 Å². The zero-order valence-electron chi connectivity index (χ0n) is 38.1. The fourth-order valence-electron chi connectivity index (χ4n) is 8.40. The Kier molecular flexibility index (Phi) is 15.9. The number of benzene rings is 3. The smallest absolute Gasteiger partial charge is 0.380 e. The summed E-state index contributed by atoms with van der Waals surface area (Å²) in [6.45, 7) is 38.8. The molecule has 0 atom stereocenters. The fraction of sp³-hybridized carbons (Fsp3) is 0.560. The number of carbonyl (C=O) groups excluding carboxylic acids is 4. The molecule has 0 unspecified atom stereocenters. The molecule has 0 amide bonds. The van der Waals surface area contributed by atoms with Crippen LogP contribution in [0.15, 0.2) is 60.7 Å². The van der Waals surface area contributed by atoms with E-state index in [4.69, 9.17) is 9.47 Å². The number of para-hydroxylation sites is 1. The van der Waals surface area contributed by atoms with Gasteiger partial charge in [-0.3, -0.25) is 9.59 Å². The molecule has 3 aromatic carbocycles. The summed E-state index contributed by atoms with van der Waals surface area (Å²) in [5.74, 6) is -1.01. The number of carbonyl (C=O) groups is 4. The van der Waals surface area contributed by atoms with Gasteiger partial charge in [-0.15, -0.1) is 0 Å². The molecule has 0 aromatic heterocycles. The van der Waals surface area contributed by atoms with Gasteiger partial charge in [0.15, 0.2) is 0 Å². The first kappa shape index (κ1) is 48.1. The van der Waals surface area contributed by atoms with Gasteiger partial charge in [-0.1, -0.05) is 159 Å². The van der Waals surface area contributed by atoms with E-state index in [0.717, 1.165) is 27.8 Å². The highest BCUT2D eigenvalue weighted by atomic mass is 16.5. The number of Topliss-reactive ketones (excluding diaryl/α,β-unsaturated/α-hetero) is 2. The lowest BCUT2D eigenvalue weighted by Crippen LogP contribution is -2.50. The van der Waals surface area contributed by atoms with Gasteiger partial charge >= 0.3 is 11.9 Å². The molecule has 0 aliphatic heterocycles. The summed E-state index contributed by atoms with van der Waals surface area (Å²) >= 11 is 0. The second kappa shape index (κ2) is 18.5. The van der Waals surface area contributed by atoms with E-state index in [2.05, 4.69) is 76.2 Å². The summed E-state index contributed by atoms with van der Waals surface area (Å²) in [4.78, 5) is 52.1. The first-order valence-corrected chi connectivity index (χ1v) is 20.4. The second-order valence-corrected chi connectivity index (χ2v) is 19.5. The summed E-state index contributed by atoms with van der Waals surface area (Å²) in [5.41, 5.74) is 4.23. The highest BCUT2D eigenvalue weighted by Gasteiger charge is 2.50.